The molecule has 2 aromatic heterocycles. The number of amides is 3. The molecule has 0 spiro atoms. The SMILES string of the molecule is COC(=O)Nc1nc2ccc(Oc3ccc(NC(=O)Nc4cc(C(F)(F)F)ccc4Cl)cc3)nc2[nH]1. The first kappa shape index (κ1) is 24.6. The van der Waals surface area contributed by atoms with Crippen LogP contribution in [0.1, 0.15) is 5.56 Å². The van der Waals surface area contributed by atoms with Crippen LogP contribution in [-0.2, 0) is 10.9 Å². The molecule has 4 rings (SSSR count). The summed E-state index contributed by atoms with van der Waals surface area (Å²) in [6.07, 6.45) is -5.27. The van der Waals surface area contributed by atoms with Crippen molar-refractivity contribution in [2.45, 2.75) is 6.18 Å². The second-order valence-corrected chi connectivity index (χ2v) is 7.52. The van der Waals surface area contributed by atoms with Crippen LogP contribution in [0.15, 0.2) is 54.6 Å². The summed E-state index contributed by atoms with van der Waals surface area (Å²) in [4.78, 5) is 34.8. The lowest BCUT2D eigenvalue weighted by molar-refractivity contribution is -0.137. The fourth-order valence-electron chi connectivity index (χ4n) is 2.95. The predicted octanol–water partition coefficient (Wildman–Crippen LogP) is 6.24. The summed E-state index contributed by atoms with van der Waals surface area (Å²) < 4.78 is 48.9. The van der Waals surface area contributed by atoms with Crippen molar-refractivity contribution in [3.8, 4) is 11.6 Å². The molecule has 4 N–H and O–H groups in total. The number of H-pyrrole nitrogens is 1. The van der Waals surface area contributed by atoms with Crippen LogP contribution >= 0.6 is 11.6 Å². The van der Waals surface area contributed by atoms with Crippen LogP contribution in [0.3, 0.4) is 0 Å². The first-order chi connectivity index (χ1) is 17.1. The molecule has 0 radical (unpaired) electrons. The van der Waals surface area contributed by atoms with Gasteiger partial charge >= 0.3 is 18.3 Å². The number of nitrogens with zero attached hydrogens (tertiary/aromatic N) is 2. The number of rotatable bonds is 5. The summed E-state index contributed by atoms with van der Waals surface area (Å²) in [5, 5.41) is 7.14. The largest absolute Gasteiger partial charge is 0.453 e. The van der Waals surface area contributed by atoms with Crippen LogP contribution in [0, 0.1) is 0 Å². The molecular formula is C22H16ClF3N6O4. The summed E-state index contributed by atoms with van der Waals surface area (Å²) in [6.45, 7) is 0. The molecule has 0 aliphatic heterocycles. The van der Waals surface area contributed by atoms with Gasteiger partial charge in [0, 0.05) is 11.8 Å². The number of methoxy groups -OCH3 is 1. The molecule has 0 aliphatic rings. The Hall–Kier alpha value is -4.52. The number of imidazole rings is 1. The Morgan fingerprint density at radius 3 is 2.42 bits per heavy atom. The van der Waals surface area contributed by atoms with Gasteiger partial charge in [0.05, 0.1) is 23.4 Å². The van der Waals surface area contributed by atoms with E-state index in [1.807, 2.05) is 0 Å². The number of nitrogens with one attached hydrogen (secondary N) is 4. The van der Waals surface area contributed by atoms with Gasteiger partial charge in [-0.05, 0) is 48.5 Å². The third-order valence-corrected chi connectivity index (χ3v) is 4.93. The third-order valence-electron chi connectivity index (χ3n) is 4.60. The third kappa shape index (κ3) is 5.93. The van der Waals surface area contributed by atoms with Crippen molar-refractivity contribution in [2.24, 2.45) is 0 Å². The minimum Gasteiger partial charge on any atom is -0.453 e. The van der Waals surface area contributed by atoms with Crippen molar-refractivity contribution in [1.82, 2.24) is 15.0 Å². The summed E-state index contributed by atoms with van der Waals surface area (Å²) in [5.74, 6) is 0.774. The molecule has 36 heavy (non-hydrogen) atoms. The maximum absolute atomic E-state index is 12.9. The van der Waals surface area contributed by atoms with E-state index in [0.717, 1.165) is 18.2 Å². The molecule has 0 bridgehead atoms. The van der Waals surface area contributed by atoms with Gasteiger partial charge in [-0.25, -0.2) is 14.6 Å². The van der Waals surface area contributed by atoms with E-state index in [9.17, 15) is 22.8 Å². The number of halogens is 4. The topological polar surface area (TPSA) is 130 Å². The van der Waals surface area contributed by atoms with Crippen LogP contribution in [0.2, 0.25) is 5.02 Å². The molecule has 2 aromatic carbocycles. The lowest BCUT2D eigenvalue weighted by Crippen LogP contribution is -2.20. The number of urea groups is 1. The number of alkyl halides is 3. The van der Waals surface area contributed by atoms with E-state index in [1.54, 1.807) is 24.3 Å². The van der Waals surface area contributed by atoms with E-state index in [1.165, 1.54) is 19.2 Å². The van der Waals surface area contributed by atoms with Gasteiger partial charge in [-0.3, -0.25) is 5.32 Å². The first-order valence-electron chi connectivity index (χ1n) is 10.0. The highest BCUT2D eigenvalue weighted by Gasteiger charge is 2.31. The number of aromatic nitrogens is 3. The normalized spacial score (nSPS) is 11.1. The number of fused-ring (bicyclic) bond motifs is 1. The standard InChI is InChI=1S/C22H16ClF3N6O4/c1-35-21(34)32-19-28-15-8-9-17(30-18(15)31-19)36-13-5-3-12(4-6-13)27-20(33)29-16-10-11(22(24,25)26)2-7-14(16)23/h2-10H,1H3,(H2,27,29,33)(H2,28,30,31,32,34). The van der Waals surface area contributed by atoms with Crippen LogP contribution in [0.25, 0.3) is 11.2 Å². The van der Waals surface area contributed by atoms with Gasteiger partial charge in [-0.15, -0.1) is 0 Å². The maximum Gasteiger partial charge on any atom is 0.416 e. The predicted molar refractivity (Wildman–Crippen MR) is 126 cm³/mol. The van der Waals surface area contributed by atoms with Crippen LogP contribution in [0.5, 0.6) is 11.6 Å². The van der Waals surface area contributed by atoms with Crippen LogP contribution in [0.4, 0.5) is 40.1 Å². The number of aromatic amines is 1. The molecule has 0 aliphatic carbocycles. The Kier molecular flexibility index (Phi) is 6.83. The Bertz CT molecular complexity index is 1430. The monoisotopic (exact) mass is 520 g/mol. The lowest BCUT2D eigenvalue weighted by Gasteiger charge is -2.12. The number of hydrogen-bond acceptors (Lipinski definition) is 6. The van der Waals surface area contributed by atoms with Crippen molar-refractivity contribution in [2.75, 3.05) is 23.1 Å². The van der Waals surface area contributed by atoms with Crippen molar-refractivity contribution in [3.63, 3.8) is 0 Å². The Morgan fingerprint density at radius 1 is 0.972 bits per heavy atom. The minimum atomic E-state index is -4.58. The van der Waals surface area contributed by atoms with E-state index in [0.29, 0.717) is 22.6 Å². The van der Waals surface area contributed by atoms with Crippen LogP contribution < -0.4 is 20.7 Å². The average Bonchev–Trinajstić information content (AvgIpc) is 3.22. The van der Waals surface area contributed by atoms with E-state index in [2.05, 4.69) is 35.6 Å². The molecule has 2 heterocycles. The highest BCUT2D eigenvalue weighted by Crippen LogP contribution is 2.34. The number of carbonyl (C=O) groups excluding carboxylic acids is 2. The quantitative estimate of drug-likeness (QED) is 0.246. The van der Waals surface area contributed by atoms with Crippen molar-refractivity contribution >= 4 is 52.2 Å². The van der Waals surface area contributed by atoms with Gasteiger partial charge in [0.15, 0.2) is 5.65 Å². The van der Waals surface area contributed by atoms with Crippen molar-refractivity contribution in [1.29, 1.82) is 0 Å². The molecule has 0 saturated carbocycles. The zero-order chi connectivity index (χ0) is 25.9. The van der Waals surface area contributed by atoms with Gasteiger partial charge in [-0.1, -0.05) is 11.6 Å². The Morgan fingerprint density at radius 2 is 1.72 bits per heavy atom. The molecule has 0 atom stereocenters. The molecule has 0 saturated heterocycles. The zero-order valence-corrected chi connectivity index (χ0v) is 19.0. The summed E-state index contributed by atoms with van der Waals surface area (Å²) in [7, 11) is 1.22. The molecule has 3 amide bonds. The zero-order valence-electron chi connectivity index (χ0n) is 18.2. The molecule has 0 fully saturated rings. The van der Waals surface area contributed by atoms with Crippen molar-refractivity contribution in [3.05, 3.63) is 65.2 Å². The van der Waals surface area contributed by atoms with Gasteiger partial charge < -0.3 is 25.1 Å². The minimum absolute atomic E-state index is 0.0446. The molecule has 0 unspecified atom stereocenters. The second kappa shape index (κ2) is 10.00. The van der Waals surface area contributed by atoms with Crippen molar-refractivity contribution < 1.29 is 32.2 Å². The number of pyridine rings is 1. The van der Waals surface area contributed by atoms with Gasteiger partial charge in [0.25, 0.3) is 0 Å². The van der Waals surface area contributed by atoms with Gasteiger partial charge in [-0.2, -0.15) is 18.2 Å². The first-order valence-corrected chi connectivity index (χ1v) is 10.4. The van der Waals surface area contributed by atoms with Gasteiger partial charge in [0.1, 0.15) is 11.3 Å². The number of hydrogen-bond donors (Lipinski definition) is 4. The number of anilines is 3. The molecule has 10 nitrogen and oxygen atoms in total. The number of ether oxygens (including phenoxy) is 2. The molecule has 4 aromatic rings. The van der Waals surface area contributed by atoms with E-state index < -0.39 is 23.9 Å². The Labute approximate surface area is 205 Å². The highest BCUT2D eigenvalue weighted by molar-refractivity contribution is 6.33. The van der Waals surface area contributed by atoms with E-state index in [4.69, 9.17) is 16.3 Å². The number of benzene rings is 2. The molecular weight excluding hydrogens is 505 g/mol. The second-order valence-electron chi connectivity index (χ2n) is 7.12. The molecule has 14 heteroatoms. The van der Waals surface area contributed by atoms with Crippen LogP contribution in [-0.4, -0.2) is 34.2 Å². The van der Waals surface area contributed by atoms with Gasteiger partial charge in [0.2, 0.25) is 11.8 Å². The number of carbonyl (C=O) groups is 2. The van der Waals surface area contributed by atoms with E-state index >= 15 is 0 Å². The smallest absolute Gasteiger partial charge is 0.416 e. The lowest BCUT2D eigenvalue weighted by atomic mass is 10.2. The highest BCUT2D eigenvalue weighted by atomic mass is 35.5. The average molecular weight is 521 g/mol. The molecule has 186 valence electrons. The summed E-state index contributed by atoms with van der Waals surface area (Å²) in [6, 6.07) is 11.2. The fourth-order valence-corrected chi connectivity index (χ4v) is 3.11. The summed E-state index contributed by atoms with van der Waals surface area (Å²) >= 11 is 5.90. The fraction of sp³-hybridized carbons (Fsp3) is 0.0909. The Balaban J connectivity index is 1.39. The van der Waals surface area contributed by atoms with E-state index in [-0.39, 0.29) is 22.5 Å². The summed E-state index contributed by atoms with van der Waals surface area (Å²) in [5.41, 5.74) is 0.0662. The maximum atomic E-state index is 12.9.